The van der Waals surface area contributed by atoms with Crippen molar-refractivity contribution < 1.29 is 19.7 Å². The molecule has 2 N–H and O–H groups in total. The lowest BCUT2D eigenvalue weighted by Gasteiger charge is -2.14. The Labute approximate surface area is 99.8 Å². The van der Waals surface area contributed by atoms with Crippen LogP contribution in [0.25, 0.3) is 0 Å². The minimum absolute atomic E-state index is 0.0154. The number of aliphatic hydroxyl groups excluding tert-OH is 1. The summed E-state index contributed by atoms with van der Waals surface area (Å²) in [6.07, 6.45) is -0.150. The largest absolute Gasteiger partial charge is 0.496 e. The third-order valence-electron chi connectivity index (χ3n) is 3.40. The van der Waals surface area contributed by atoms with Crippen molar-refractivity contribution >= 4 is 5.97 Å². The lowest BCUT2D eigenvalue weighted by Crippen LogP contribution is -2.12. The third-order valence-corrected chi connectivity index (χ3v) is 3.40. The fraction of sp³-hybridized carbons (Fsp3) is 0.462. The highest BCUT2D eigenvalue weighted by atomic mass is 16.5. The average molecular weight is 236 g/mol. The van der Waals surface area contributed by atoms with Crippen LogP contribution >= 0.6 is 0 Å². The van der Waals surface area contributed by atoms with E-state index in [9.17, 15) is 9.90 Å². The van der Waals surface area contributed by atoms with Crippen LogP contribution in [-0.4, -0.2) is 23.3 Å². The number of carboxylic acid groups (broad SMARTS) is 1. The van der Waals surface area contributed by atoms with Crippen molar-refractivity contribution in [3.05, 3.63) is 28.8 Å². The minimum Gasteiger partial charge on any atom is -0.496 e. The van der Waals surface area contributed by atoms with E-state index in [4.69, 9.17) is 9.84 Å². The predicted octanol–water partition coefficient (Wildman–Crippen LogP) is 1.68. The molecule has 92 valence electrons. The molecule has 0 aromatic heterocycles. The molecule has 17 heavy (non-hydrogen) atoms. The molecule has 2 rings (SSSR count). The van der Waals surface area contributed by atoms with Crippen molar-refractivity contribution in [2.45, 2.75) is 25.9 Å². The third kappa shape index (κ3) is 2.00. The van der Waals surface area contributed by atoms with E-state index in [0.717, 1.165) is 22.4 Å². The second kappa shape index (κ2) is 4.37. The van der Waals surface area contributed by atoms with Gasteiger partial charge in [-0.3, -0.25) is 4.79 Å². The van der Waals surface area contributed by atoms with Gasteiger partial charge < -0.3 is 14.9 Å². The quantitative estimate of drug-likeness (QED) is 0.838. The number of aliphatic hydroxyl groups is 1. The molecule has 1 aliphatic carbocycles. The van der Waals surface area contributed by atoms with Gasteiger partial charge in [0.05, 0.1) is 19.6 Å². The summed E-state index contributed by atoms with van der Waals surface area (Å²) in [5, 5.41) is 19.0. The molecule has 0 aliphatic heterocycles. The SMILES string of the molecule is COc1ccc(C)c2c1CC(CC(=O)O)C2O. The molecule has 4 nitrogen and oxygen atoms in total. The Kier molecular flexibility index (Phi) is 3.07. The first-order chi connectivity index (χ1) is 8.04. The van der Waals surface area contributed by atoms with Crippen molar-refractivity contribution in [3.8, 4) is 5.75 Å². The molecule has 2 unspecified atom stereocenters. The van der Waals surface area contributed by atoms with Gasteiger partial charge in [-0.2, -0.15) is 0 Å². The molecule has 0 spiro atoms. The molecule has 0 amide bonds. The van der Waals surface area contributed by atoms with E-state index < -0.39 is 12.1 Å². The van der Waals surface area contributed by atoms with Gasteiger partial charge in [-0.15, -0.1) is 0 Å². The van der Waals surface area contributed by atoms with Crippen LogP contribution in [0.1, 0.15) is 29.2 Å². The number of fused-ring (bicyclic) bond motifs is 1. The Balaban J connectivity index is 2.39. The average Bonchev–Trinajstić information content (AvgIpc) is 2.57. The van der Waals surface area contributed by atoms with Crippen molar-refractivity contribution in [2.24, 2.45) is 5.92 Å². The Bertz CT molecular complexity index is 453. The van der Waals surface area contributed by atoms with E-state index in [1.54, 1.807) is 7.11 Å². The van der Waals surface area contributed by atoms with E-state index in [1.165, 1.54) is 0 Å². The molecule has 0 radical (unpaired) electrons. The maximum Gasteiger partial charge on any atom is 0.303 e. The molecule has 0 bridgehead atoms. The standard InChI is InChI=1S/C13H16O4/c1-7-3-4-10(17-2)9-5-8(6-11(14)15)13(16)12(7)9/h3-4,8,13,16H,5-6H2,1-2H3,(H,14,15). The van der Waals surface area contributed by atoms with Gasteiger partial charge in [0.1, 0.15) is 5.75 Å². The van der Waals surface area contributed by atoms with Crippen molar-refractivity contribution in [1.29, 1.82) is 0 Å². The normalized spacial score (nSPS) is 22.3. The van der Waals surface area contributed by atoms with Crippen LogP contribution in [0.3, 0.4) is 0 Å². The highest BCUT2D eigenvalue weighted by molar-refractivity contribution is 5.68. The summed E-state index contributed by atoms with van der Waals surface area (Å²) in [6.45, 7) is 1.92. The smallest absolute Gasteiger partial charge is 0.303 e. The van der Waals surface area contributed by atoms with Gasteiger partial charge >= 0.3 is 5.97 Å². The Hall–Kier alpha value is -1.55. The number of hydrogen-bond acceptors (Lipinski definition) is 3. The van der Waals surface area contributed by atoms with E-state index in [2.05, 4.69) is 0 Å². The van der Waals surface area contributed by atoms with Crippen LogP contribution in [0.4, 0.5) is 0 Å². The number of rotatable bonds is 3. The molecule has 4 heteroatoms. The Morgan fingerprint density at radius 1 is 1.53 bits per heavy atom. The molecular formula is C13H16O4. The van der Waals surface area contributed by atoms with Gasteiger partial charge in [0.2, 0.25) is 0 Å². The van der Waals surface area contributed by atoms with Crippen LogP contribution in [0.15, 0.2) is 12.1 Å². The van der Waals surface area contributed by atoms with Crippen LogP contribution in [0.2, 0.25) is 0 Å². The monoisotopic (exact) mass is 236 g/mol. The van der Waals surface area contributed by atoms with Gasteiger partial charge in [-0.1, -0.05) is 6.07 Å². The number of carboxylic acids is 1. The highest BCUT2D eigenvalue weighted by Gasteiger charge is 2.35. The number of benzene rings is 1. The fourth-order valence-corrected chi connectivity index (χ4v) is 2.59. The second-order valence-electron chi connectivity index (χ2n) is 4.48. The lowest BCUT2D eigenvalue weighted by atomic mass is 9.98. The van der Waals surface area contributed by atoms with Crippen LogP contribution in [0, 0.1) is 12.8 Å². The van der Waals surface area contributed by atoms with Crippen molar-refractivity contribution in [2.75, 3.05) is 7.11 Å². The van der Waals surface area contributed by atoms with Crippen LogP contribution in [-0.2, 0) is 11.2 Å². The topological polar surface area (TPSA) is 66.8 Å². The number of methoxy groups -OCH3 is 1. The number of ether oxygens (including phenoxy) is 1. The summed E-state index contributed by atoms with van der Waals surface area (Å²) in [5.74, 6) is -0.395. The first-order valence-corrected chi connectivity index (χ1v) is 5.60. The Morgan fingerprint density at radius 2 is 2.24 bits per heavy atom. The van der Waals surface area contributed by atoms with E-state index in [-0.39, 0.29) is 12.3 Å². The van der Waals surface area contributed by atoms with Gasteiger partial charge in [-0.05, 0) is 30.5 Å². The van der Waals surface area contributed by atoms with Crippen molar-refractivity contribution in [3.63, 3.8) is 0 Å². The number of aryl methyl sites for hydroxylation is 1. The molecule has 0 fully saturated rings. The zero-order valence-corrected chi connectivity index (χ0v) is 9.93. The zero-order chi connectivity index (χ0) is 12.6. The van der Waals surface area contributed by atoms with Gasteiger partial charge in [-0.25, -0.2) is 0 Å². The van der Waals surface area contributed by atoms with Gasteiger partial charge in [0.25, 0.3) is 0 Å². The molecular weight excluding hydrogens is 220 g/mol. The van der Waals surface area contributed by atoms with E-state index in [1.807, 2.05) is 19.1 Å². The summed E-state index contributed by atoms with van der Waals surface area (Å²) in [6, 6.07) is 3.76. The summed E-state index contributed by atoms with van der Waals surface area (Å²) in [4.78, 5) is 10.7. The first-order valence-electron chi connectivity index (χ1n) is 5.60. The zero-order valence-electron chi connectivity index (χ0n) is 9.93. The maximum atomic E-state index is 10.7. The van der Waals surface area contributed by atoms with Gasteiger partial charge in [0, 0.05) is 11.5 Å². The van der Waals surface area contributed by atoms with Crippen molar-refractivity contribution in [1.82, 2.24) is 0 Å². The predicted molar refractivity (Wildman–Crippen MR) is 62.1 cm³/mol. The number of carbonyl (C=O) groups is 1. The van der Waals surface area contributed by atoms with E-state index >= 15 is 0 Å². The maximum absolute atomic E-state index is 10.7. The van der Waals surface area contributed by atoms with Gasteiger partial charge in [0.15, 0.2) is 0 Å². The highest BCUT2D eigenvalue weighted by Crippen LogP contribution is 2.43. The van der Waals surface area contributed by atoms with Crippen LogP contribution < -0.4 is 4.74 Å². The molecule has 1 aliphatic rings. The molecule has 2 atom stereocenters. The number of hydrogen-bond donors (Lipinski definition) is 2. The summed E-state index contributed by atoms with van der Waals surface area (Å²) in [5.41, 5.74) is 2.78. The minimum atomic E-state index is -0.876. The number of aliphatic carboxylic acids is 1. The molecule has 0 heterocycles. The molecule has 1 aromatic rings. The molecule has 0 saturated heterocycles. The molecule has 0 saturated carbocycles. The Morgan fingerprint density at radius 3 is 2.82 bits per heavy atom. The van der Waals surface area contributed by atoms with E-state index in [0.29, 0.717) is 6.42 Å². The second-order valence-corrected chi connectivity index (χ2v) is 4.48. The molecule has 1 aromatic carbocycles. The fourth-order valence-electron chi connectivity index (χ4n) is 2.59. The van der Waals surface area contributed by atoms with Crippen LogP contribution in [0.5, 0.6) is 5.75 Å². The first kappa shape index (κ1) is 11.9. The summed E-state index contributed by atoms with van der Waals surface area (Å²) >= 11 is 0. The summed E-state index contributed by atoms with van der Waals surface area (Å²) in [7, 11) is 1.59. The lowest BCUT2D eigenvalue weighted by molar-refractivity contribution is -0.139. The summed E-state index contributed by atoms with van der Waals surface area (Å²) < 4.78 is 5.26.